The van der Waals surface area contributed by atoms with Gasteiger partial charge in [0.1, 0.15) is 0 Å². The van der Waals surface area contributed by atoms with E-state index in [2.05, 4.69) is 21.2 Å². The summed E-state index contributed by atoms with van der Waals surface area (Å²) in [5, 5.41) is 4.61. The molecule has 0 aliphatic carbocycles. The Bertz CT molecular complexity index is 585. The summed E-state index contributed by atoms with van der Waals surface area (Å²) in [5.74, 6) is -0.0851. The first-order valence-electron chi connectivity index (χ1n) is 6.99. The number of sulfonamides is 1. The van der Waals surface area contributed by atoms with Crippen molar-refractivity contribution in [2.45, 2.75) is 20.4 Å². The van der Waals surface area contributed by atoms with Crippen molar-refractivity contribution >= 4 is 43.3 Å². The zero-order chi connectivity index (χ0) is 16.8. The smallest absolute Gasteiger partial charge is 0.317 e. The van der Waals surface area contributed by atoms with Crippen LogP contribution in [-0.2, 0) is 16.6 Å². The molecule has 1 rings (SSSR count). The first kappa shape index (κ1) is 19.4. The maximum atomic E-state index is 12.0. The number of amides is 2. The molecular weight excluding hydrogens is 390 g/mol. The van der Waals surface area contributed by atoms with Gasteiger partial charge in [-0.1, -0.05) is 13.8 Å². The first-order chi connectivity index (χ1) is 10.3. The summed E-state index contributed by atoms with van der Waals surface area (Å²) in [4.78, 5) is 13.5. The van der Waals surface area contributed by atoms with Gasteiger partial charge < -0.3 is 10.2 Å². The van der Waals surface area contributed by atoms with E-state index in [4.69, 9.17) is 0 Å². The Balaban J connectivity index is 2.42. The number of thiophene rings is 1. The van der Waals surface area contributed by atoms with Gasteiger partial charge in [0.05, 0.1) is 9.54 Å². The molecule has 6 nitrogen and oxygen atoms in total. The number of urea groups is 1. The van der Waals surface area contributed by atoms with Crippen LogP contribution in [0.15, 0.2) is 15.2 Å². The molecule has 0 atom stereocenters. The Morgan fingerprint density at radius 3 is 2.50 bits per heavy atom. The summed E-state index contributed by atoms with van der Waals surface area (Å²) in [6.07, 6.45) is 0. The number of carbonyl (C=O) groups is 1. The van der Waals surface area contributed by atoms with E-state index in [0.717, 1.165) is 9.35 Å². The number of nitrogens with one attached hydrogen (secondary N) is 1. The number of hydrogen-bond donors (Lipinski definition) is 1. The maximum Gasteiger partial charge on any atom is 0.317 e. The van der Waals surface area contributed by atoms with E-state index in [1.165, 1.54) is 9.21 Å². The zero-order valence-corrected chi connectivity index (χ0v) is 16.2. The van der Waals surface area contributed by atoms with E-state index in [0.29, 0.717) is 19.6 Å². The van der Waals surface area contributed by atoms with Gasteiger partial charge in [-0.25, -0.2) is 17.5 Å². The van der Waals surface area contributed by atoms with Crippen molar-refractivity contribution in [2.24, 2.45) is 0 Å². The molecule has 0 radical (unpaired) electrons. The Hall–Kier alpha value is -0.640. The summed E-state index contributed by atoms with van der Waals surface area (Å²) in [6, 6.07) is 1.68. The summed E-state index contributed by atoms with van der Waals surface area (Å²) in [5.41, 5.74) is 1.03. The highest BCUT2D eigenvalue weighted by atomic mass is 79.9. The molecule has 0 saturated carbocycles. The lowest BCUT2D eigenvalue weighted by atomic mass is 10.3. The largest absolute Gasteiger partial charge is 0.337 e. The number of rotatable bonds is 8. The summed E-state index contributed by atoms with van der Waals surface area (Å²) < 4.78 is 26.4. The average molecular weight is 412 g/mol. The van der Waals surface area contributed by atoms with Gasteiger partial charge in [-0.2, -0.15) is 0 Å². The Labute approximate surface area is 144 Å². The number of halogens is 1. The molecule has 0 saturated heterocycles. The predicted octanol–water partition coefficient (Wildman–Crippen LogP) is 2.32. The predicted molar refractivity (Wildman–Crippen MR) is 93.6 cm³/mol. The van der Waals surface area contributed by atoms with Crippen LogP contribution in [0.4, 0.5) is 4.79 Å². The van der Waals surface area contributed by atoms with E-state index in [-0.39, 0.29) is 18.3 Å². The monoisotopic (exact) mass is 411 g/mol. The highest BCUT2D eigenvalue weighted by Gasteiger charge is 2.19. The summed E-state index contributed by atoms with van der Waals surface area (Å²) in [6.45, 7) is 5.07. The molecule has 0 fully saturated rings. The van der Waals surface area contributed by atoms with E-state index in [1.54, 1.807) is 32.2 Å². The molecule has 1 heterocycles. The van der Waals surface area contributed by atoms with Gasteiger partial charge in [-0.05, 0) is 32.9 Å². The number of nitrogens with zero attached hydrogens (tertiary/aromatic N) is 2. The van der Waals surface area contributed by atoms with Crippen molar-refractivity contribution in [3.8, 4) is 0 Å². The van der Waals surface area contributed by atoms with Crippen LogP contribution in [0.25, 0.3) is 0 Å². The van der Waals surface area contributed by atoms with Gasteiger partial charge in [-0.3, -0.25) is 0 Å². The van der Waals surface area contributed by atoms with Crippen molar-refractivity contribution in [2.75, 3.05) is 32.4 Å². The Morgan fingerprint density at radius 2 is 2.00 bits per heavy atom. The third kappa shape index (κ3) is 5.86. The van der Waals surface area contributed by atoms with E-state index in [9.17, 15) is 13.2 Å². The standard InChI is InChI=1S/C13H22BrN3O3S2/c1-4-17(5-2)22(19,20)7-6-15-13(18)16(3)9-11-8-12(14)21-10-11/h8,10H,4-7,9H2,1-3H3,(H,15,18). The highest BCUT2D eigenvalue weighted by molar-refractivity contribution is 9.11. The van der Waals surface area contributed by atoms with E-state index >= 15 is 0 Å². The lowest BCUT2D eigenvalue weighted by molar-refractivity contribution is 0.207. The quantitative estimate of drug-likeness (QED) is 0.713. The molecule has 1 aromatic heterocycles. The van der Waals surface area contributed by atoms with Crippen LogP contribution in [0.1, 0.15) is 19.4 Å². The van der Waals surface area contributed by atoms with Gasteiger partial charge in [0.15, 0.2) is 0 Å². The second-order valence-corrected chi connectivity index (χ2v) is 9.13. The molecule has 0 aromatic carbocycles. The molecule has 0 aliphatic rings. The van der Waals surface area contributed by atoms with Crippen molar-refractivity contribution in [3.63, 3.8) is 0 Å². The number of hydrogen-bond acceptors (Lipinski definition) is 4. The Morgan fingerprint density at radius 1 is 1.36 bits per heavy atom. The van der Waals surface area contributed by atoms with Gasteiger partial charge in [0.25, 0.3) is 0 Å². The van der Waals surface area contributed by atoms with Crippen molar-refractivity contribution < 1.29 is 13.2 Å². The van der Waals surface area contributed by atoms with E-state index in [1.807, 2.05) is 11.4 Å². The molecule has 0 spiro atoms. The molecule has 0 bridgehead atoms. The van der Waals surface area contributed by atoms with Crippen LogP contribution < -0.4 is 5.32 Å². The van der Waals surface area contributed by atoms with Crippen molar-refractivity contribution in [1.29, 1.82) is 0 Å². The molecule has 0 unspecified atom stereocenters. The van der Waals surface area contributed by atoms with Crippen LogP contribution in [0.3, 0.4) is 0 Å². The van der Waals surface area contributed by atoms with Gasteiger partial charge in [0, 0.05) is 33.2 Å². The maximum absolute atomic E-state index is 12.0. The van der Waals surface area contributed by atoms with Gasteiger partial charge >= 0.3 is 6.03 Å². The summed E-state index contributed by atoms with van der Waals surface area (Å²) in [7, 11) is -1.62. The number of carbonyl (C=O) groups excluding carboxylic acids is 1. The molecule has 2 amide bonds. The lowest BCUT2D eigenvalue weighted by Crippen LogP contribution is -2.41. The van der Waals surface area contributed by atoms with Crippen LogP contribution in [-0.4, -0.2) is 56.1 Å². The fourth-order valence-corrected chi connectivity index (χ4v) is 4.55. The normalized spacial score (nSPS) is 11.7. The molecule has 126 valence electrons. The summed E-state index contributed by atoms with van der Waals surface area (Å²) >= 11 is 4.94. The molecule has 1 aromatic rings. The van der Waals surface area contributed by atoms with Gasteiger partial charge in [-0.15, -0.1) is 11.3 Å². The topological polar surface area (TPSA) is 69.7 Å². The molecule has 22 heavy (non-hydrogen) atoms. The minimum absolute atomic E-state index is 0.0851. The molecule has 1 N–H and O–H groups in total. The van der Waals surface area contributed by atoms with Crippen LogP contribution in [0.2, 0.25) is 0 Å². The van der Waals surface area contributed by atoms with Gasteiger partial charge in [0.2, 0.25) is 10.0 Å². The Kier molecular flexibility index (Phi) is 7.81. The first-order valence-corrected chi connectivity index (χ1v) is 10.3. The second kappa shape index (κ2) is 8.85. The fraction of sp³-hybridized carbons (Fsp3) is 0.615. The molecule has 9 heteroatoms. The second-order valence-electron chi connectivity index (χ2n) is 4.75. The minimum atomic E-state index is -3.30. The van der Waals surface area contributed by atoms with Crippen molar-refractivity contribution in [1.82, 2.24) is 14.5 Å². The van der Waals surface area contributed by atoms with Crippen LogP contribution in [0, 0.1) is 0 Å². The minimum Gasteiger partial charge on any atom is -0.337 e. The van der Waals surface area contributed by atoms with E-state index < -0.39 is 10.0 Å². The van der Waals surface area contributed by atoms with Crippen molar-refractivity contribution in [3.05, 3.63) is 20.8 Å². The van der Waals surface area contributed by atoms with Crippen LogP contribution in [0.5, 0.6) is 0 Å². The highest BCUT2D eigenvalue weighted by Crippen LogP contribution is 2.21. The third-order valence-electron chi connectivity index (χ3n) is 3.12. The van der Waals surface area contributed by atoms with Crippen LogP contribution >= 0.6 is 27.3 Å². The molecule has 0 aliphatic heterocycles. The molecular formula is C13H22BrN3O3S2. The third-order valence-corrected chi connectivity index (χ3v) is 6.70. The zero-order valence-electron chi connectivity index (χ0n) is 13.0. The fourth-order valence-electron chi connectivity index (χ4n) is 1.94. The lowest BCUT2D eigenvalue weighted by Gasteiger charge is -2.20. The SMILES string of the molecule is CCN(CC)S(=O)(=O)CCNC(=O)N(C)Cc1csc(Br)c1. The average Bonchev–Trinajstić information content (AvgIpc) is 2.84.